The quantitative estimate of drug-likeness (QED) is 0.819. The molecule has 4 nitrogen and oxygen atoms in total. The maximum atomic E-state index is 12.3. The standard InChI is InChI=1S/C17H24N2O2/c1-12(2)11-21-15-8-5-7-14(10-15)19-17(20)16-9-4-6-13(3)18-16/h5,7-8,10,13,16,18H,1,4,6,9,11H2,2-3H3,(H,19,20). The Balaban J connectivity index is 1.94. The van der Waals surface area contributed by atoms with Gasteiger partial charge in [-0.1, -0.05) is 12.6 Å². The highest BCUT2D eigenvalue weighted by atomic mass is 16.5. The molecule has 2 atom stereocenters. The van der Waals surface area contributed by atoms with Crippen LogP contribution < -0.4 is 15.4 Å². The molecule has 114 valence electrons. The van der Waals surface area contributed by atoms with Crippen LogP contribution in [0.1, 0.15) is 33.1 Å². The van der Waals surface area contributed by atoms with Gasteiger partial charge in [0, 0.05) is 17.8 Å². The largest absolute Gasteiger partial charge is 0.489 e. The number of carbonyl (C=O) groups is 1. The summed E-state index contributed by atoms with van der Waals surface area (Å²) in [7, 11) is 0. The van der Waals surface area contributed by atoms with Crippen LogP contribution in [0.15, 0.2) is 36.4 Å². The summed E-state index contributed by atoms with van der Waals surface area (Å²) in [5.74, 6) is 0.763. The molecule has 4 heteroatoms. The van der Waals surface area contributed by atoms with E-state index in [1.54, 1.807) is 0 Å². The Labute approximate surface area is 126 Å². The average Bonchev–Trinajstić information content (AvgIpc) is 2.45. The third kappa shape index (κ3) is 4.90. The topological polar surface area (TPSA) is 50.4 Å². The van der Waals surface area contributed by atoms with Crippen molar-refractivity contribution in [2.45, 2.75) is 45.2 Å². The maximum absolute atomic E-state index is 12.3. The Hall–Kier alpha value is -1.81. The Morgan fingerprint density at radius 2 is 2.29 bits per heavy atom. The van der Waals surface area contributed by atoms with E-state index in [2.05, 4.69) is 24.1 Å². The molecule has 1 aliphatic heterocycles. The molecule has 0 radical (unpaired) electrons. The number of piperidine rings is 1. The van der Waals surface area contributed by atoms with Crippen LogP contribution in [0.25, 0.3) is 0 Å². The first-order valence-corrected chi connectivity index (χ1v) is 7.49. The van der Waals surface area contributed by atoms with E-state index in [9.17, 15) is 4.79 Å². The van der Waals surface area contributed by atoms with Crippen molar-refractivity contribution in [3.63, 3.8) is 0 Å². The molecule has 1 aromatic carbocycles. The van der Waals surface area contributed by atoms with Gasteiger partial charge in [0.15, 0.2) is 0 Å². The molecule has 0 spiro atoms. The van der Waals surface area contributed by atoms with Crippen molar-refractivity contribution in [3.05, 3.63) is 36.4 Å². The van der Waals surface area contributed by atoms with E-state index in [4.69, 9.17) is 4.74 Å². The van der Waals surface area contributed by atoms with E-state index in [1.807, 2.05) is 31.2 Å². The van der Waals surface area contributed by atoms with Crippen LogP contribution in [0.5, 0.6) is 5.75 Å². The molecule has 0 aliphatic carbocycles. The summed E-state index contributed by atoms with van der Waals surface area (Å²) < 4.78 is 5.59. The molecule has 1 aromatic rings. The maximum Gasteiger partial charge on any atom is 0.241 e. The van der Waals surface area contributed by atoms with Crippen molar-refractivity contribution in [2.24, 2.45) is 0 Å². The fraction of sp³-hybridized carbons (Fsp3) is 0.471. The summed E-state index contributed by atoms with van der Waals surface area (Å²) in [5.41, 5.74) is 1.73. The fourth-order valence-corrected chi connectivity index (χ4v) is 2.44. The predicted molar refractivity (Wildman–Crippen MR) is 85.6 cm³/mol. The van der Waals surface area contributed by atoms with Gasteiger partial charge in [0.2, 0.25) is 5.91 Å². The number of carbonyl (C=O) groups excluding carboxylic acids is 1. The molecule has 2 N–H and O–H groups in total. The summed E-state index contributed by atoms with van der Waals surface area (Å²) >= 11 is 0. The average molecular weight is 288 g/mol. The van der Waals surface area contributed by atoms with Crippen LogP contribution in [0, 0.1) is 0 Å². The van der Waals surface area contributed by atoms with E-state index in [0.717, 1.165) is 36.3 Å². The molecular weight excluding hydrogens is 264 g/mol. The lowest BCUT2D eigenvalue weighted by Crippen LogP contribution is -2.47. The molecule has 2 rings (SSSR count). The monoisotopic (exact) mass is 288 g/mol. The number of anilines is 1. The summed E-state index contributed by atoms with van der Waals surface area (Å²) in [6.45, 7) is 8.33. The van der Waals surface area contributed by atoms with Gasteiger partial charge >= 0.3 is 0 Å². The predicted octanol–water partition coefficient (Wildman–Crippen LogP) is 3.11. The lowest BCUT2D eigenvalue weighted by molar-refractivity contribution is -0.118. The van der Waals surface area contributed by atoms with Crippen LogP contribution in [0.4, 0.5) is 5.69 Å². The van der Waals surface area contributed by atoms with Crippen LogP contribution in [0.3, 0.4) is 0 Å². The smallest absolute Gasteiger partial charge is 0.241 e. The van der Waals surface area contributed by atoms with Gasteiger partial charge in [-0.2, -0.15) is 0 Å². The molecule has 1 aliphatic rings. The second-order valence-electron chi connectivity index (χ2n) is 5.81. The van der Waals surface area contributed by atoms with E-state index < -0.39 is 0 Å². The van der Waals surface area contributed by atoms with E-state index in [0.29, 0.717) is 12.6 Å². The van der Waals surface area contributed by atoms with Crippen LogP contribution in [-0.4, -0.2) is 24.6 Å². The highest BCUT2D eigenvalue weighted by Crippen LogP contribution is 2.19. The zero-order valence-electron chi connectivity index (χ0n) is 12.8. The van der Waals surface area contributed by atoms with Gasteiger partial charge in [-0.25, -0.2) is 0 Å². The normalized spacial score (nSPS) is 21.6. The van der Waals surface area contributed by atoms with E-state index in [-0.39, 0.29) is 11.9 Å². The van der Waals surface area contributed by atoms with Crippen LogP contribution in [0.2, 0.25) is 0 Å². The molecule has 1 heterocycles. The number of ether oxygens (including phenoxy) is 1. The van der Waals surface area contributed by atoms with Gasteiger partial charge < -0.3 is 15.4 Å². The summed E-state index contributed by atoms with van der Waals surface area (Å²) in [5, 5.41) is 6.29. The third-order valence-corrected chi connectivity index (χ3v) is 3.52. The highest BCUT2D eigenvalue weighted by molar-refractivity contribution is 5.95. The molecule has 1 amide bonds. The fourth-order valence-electron chi connectivity index (χ4n) is 2.44. The molecule has 0 saturated carbocycles. The first kappa shape index (κ1) is 15.6. The second kappa shape index (κ2) is 7.27. The summed E-state index contributed by atoms with van der Waals surface area (Å²) in [4.78, 5) is 12.3. The van der Waals surface area contributed by atoms with Gasteiger partial charge in [-0.05, 0) is 50.8 Å². The lowest BCUT2D eigenvalue weighted by Gasteiger charge is -2.27. The third-order valence-electron chi connectivity index (χ3n) is 3.52. The van der Waals surface area contributed by atoms with Crippen molar-refractivity contribution in [2.75, 3.05) is 11.9 Å². The number of amides is 1. The molecular formula is C17H24N2O2. The second-order valence-corrected chi connectivity index (χ2v) is 5.81. The highest BCUT2D eigenvalue weighted by Gasteiger charge is 2.24. The SMILES string of the molecule is C=C(C)COc1cccc(NC(=O)C2CCCC(C)N2)c1. The summed E-state index contributed by atoms with van der Waals surface area (Å²) in [6.07, 6.45) is 3.12. The van der Waals surface area contributed by atoms with Crippen molar-refractivity contribution < 1.29 is 9.53 Å². The van der Waals surface area contributed by atoms with Gasteiger partial charge in [-0.15, -0.1) is 0 Å². The summed E-state index contributed by atoms with van der Waals surface area (Å²) in [6, 6.07) is 7.76. The van der Waals surface area contributed by atoms with Crippen molar-refractivity contribution in [1.29, 1.82) is 0 Å². The number of benzene rings is 1. The van der Waals surface area contributed by atoms with Gasteiger partial charge in [0.25, 0.3) is 0 Å². The minimum atomic E-state index is -0.103. The molecule has 0 aromatic heterocycles. The Morgan fingerprint density at radius 3 is 3.00 bits per heavy atom. The molecule has 21 heavy (non-hydrogen) atoms. The van der Waals surface area contributed by atoms with Crippen LogP contribution in [-0.2, 0) is 4.79 Å². The zero-order chi connectivity index (χ0) is 15.2. The molecule has 1 saturated heterocycles. The minimum absolute atomic E-state index is 0.0265. The molecule has 2 unspecified atom stereocenters. The molecule has 1 fully saturated rings. The Kier molecular flexibility index (Phi) is 5.39. The number of rotatable bonds is 5. The minimum Gasteiger partial charge on any atom is -0.489 e. The van der Waals surface area contributed by atoms with Gasteiger partial charge in [0.1, 0.15) is 12.4 Å². The zero-order valence-corrected chi connectivity index (χ0v) is 12.8. The molecule has 0 bridgehead atoms. The van der Waals surface area contributed by atoms with Crippen molar-refractivity contribution in [3.8, 4) is 5.75 Å². The number of hydrogen-bond acceptors (Lipinski definition) is 3. The van der Waals surface area contributed by atoms with Crippen molar-refractivity contribution >= 4 is 11.6 Å². The van der Waals surface area contributed by atoms with Gasteiger partial charge in [0.05, 0.1) is 6.04 Å². The van der Waals surface area contributed by atoms with Crippen LogP contribution >= 0.6 is 0 Å². The Bertz CT molecular complexity index is 513. The van der Waals surface area contributed by atoms with E-state index >= 15 is 0 Å². The lowest BCUT2D eigenvalue weighted by atomic mass is 9.99. The first-order valence-electron chi connectivity index (χ1n) is 7.49. The Morgan fingerprint density at radius 1 is 1.48 bits per heavy atom. The van der Waals surface area contributed by atoms with Gasteiger partial charge in [-0.3, -0.25) is 4.79 Å². The number of nitrogens with one attached hydrogen (secondary N) is 2. The first-order chi connectivity index (χ1) is 10.0. The number of hydrogen-bond donors (Lipinski definition) is 2. The van der Waals surface area contributed by atoms with E-state index in [1.165, 1.54) is 0 Å². The van der Waals surface area contributed by atoms with Crippen molar-refractivity contribution in [1.82, 2.24) is 5.32 Å².